The molecule has 0 unspecified atom stereocenters. The number of aliphatic imine (C=N–C) groups is 1. The molecule has 0 saturated carbocycles. The van der Waals surface area contributed by atoms with E-state index >= 15 is 0 Å². The summed E-state index contributed by atoms with van der Waals surface area (Å²) in [6.07, 6.45) is 6.98. The largest absolute Gasteiger partial charge is 0.508 e. The van der Waals surface area contributed by atoms with Crippen LogP contribution in [0.1, 0.15) is 16.7 Å². The van der Waals surface area contributed by atoms with Crippen molar-refractivity contribution in [2.45, 2.75) is 0 Å². The molecular weight excluding hydrogens is 294 g/mol. The van der Waals surface area contributed by atoms with Gasteiger partial charge >= 0.3 is 0 Å². The van der Waals surface area contributed by atoms with Crippen LogP contribution in [0.25, 0.3) is 11.6 Å². The number of nitrogens with zero attached hydrogens (tertiary/aromatic N) is 1. The van der Waals surface area contributed by atoms with Gasteiger partial charge in [-0.3, -0.25) is 0 Å². The van der Waals surface area contributed by atoms with Gasteiger partial charge in [0.15, 0.2) is 5.17 Å². The smallest absolute Gasteiger partial charge is 0.180 e. The highest BCUT2D eigenvalue weighted by Gasteiger charge is 2.10. The molecule has 2 rings (SSSR count). The average molecular weight is 308 g/mol. The number of rotatable bonds is 4. The second kappa shape index (κ2) is 6.80. The molecule has 22 heavy (non-hydrogen) atoms. The van der Waals surface area contributed by atoms with E-state index in [0.717, 1.165) is 16.7 Å². The summed E-state index contributed by atoms with van der Waals surface area (Å²) in [5.41, 5.74) is 3.81. The molecule has 0 aliphatic heterocycles. The second-order valence-electron chi connectivity index (χ2n) is 4.56. The summed E-state index contributed by atoms with van der Waals surface area (Å²) >= 11 is 5.85. The van der Waals surface area contributed by atoms with Gasteiger partial charge in [-0.05, 0) is 46.9 Å². The van der Waals surface area contributed by atoms with Crippen molar-refractivity contribution in [2.24, 2.45) is 4.99 Å². The van der Waals surface area contributed by atoms with E-state index in [4.69, 9.17) is 18.0 Å². The van der Waals surface area contributed by atoms with Crippen molar-refractivity contribution in [3.63, 3.8) is 0 Å². The maximum absolute atomic E-state index is 9.63. The fourth-order valence-electron chi connectivity index (χ4n) is 2.01. The van der Waals surface area contributed by atoms with Crippen LogP contribution in [-0.4, -0.2) is 10.3 Å². The van der Waals surface area contributed by atoms with Gasteiger partial charge in [-0.25, -0.2) is 4.99 Å². The summed E-state index contributed by atoms with van der Waals surface area (Å²) in [6, 6.07) is 12.4. The van der Waals surface area contributed by atoms with Gasteiger partial charge in [-0.1, -0.05) is 49.0 Å². The topological polar surface area (TPSA) is 32.6 Å². The summed E-state index contributed by atoms with van der Waals surface area (Å²) in [4.78, 5) is 4.21. The van der Waals surface area contributed by atoms with Gasteiger partial charge in [0.05, 0.1) is 5.69 Å². The molecule has 3 heteroatoms. The molecule has 0 spiro atoms. The summed E-state index contributed by atoms with van der Waals surface area (Å²) in [5, 5.41) is 9.70. The van der Waals surface area contributed by atoms with E-state index < -0.39 is 0 Å². The highest BCUT2D eigenvalue weighted by Crippen LogP contribution is 2.32. The monoisotopic (exact) mass is 307 g/mol. The first-order valence-corrected chi connectivity index (χ1v) is 6.89. The Morgan fingerprint density at radius 1 is 1.27 bits per heavy atom. The van der Waals surface area contributed by atoms with E-state index in [-0.39, 0.29) is 10.9 Å². The third kappa shape index (κ3) is 3.46. The van der Waals surface area contributed by atoms with Crippen LogP contribution in [0.15, 0.2) is 60.6 Å². The first kappa shape index (κ1) is 15.6. The number of hydrogen-bond acceptors (Lipinski definition) is 2. The molecule has 108 valence electrons. The molecule has 0 amide bonds. The Bertz CT molecular complexity index is 812. The molecule has 1 N–H and O–H groups in total. The van der Waals surface area contributed by atoms with Gasteiger partial charge in [-0.2, -0.15) is 0 Å². The normalized spacial score (nSPS) is 10.8. The van der Waals surface area contributed by atoms with Crippen molar-refractivity contribution >= 4 is 34.1 Å². The zero-order valence-corrected chi connectivity index (χ0v) is 12.6. The minimum atomic E-state index is 0.0660. The Kier molecular flexibility index (Phi) is 4.83. The Hall–Kier alpha value is -2.76. The van der Waals surface area contributed by atoms with Crippen molar-refractivity contribution in [1.29, 1.82) is 0 Å². The summed E-state index contributed by atoms with van der Waals surface area (Å²) in [5.74, 6) is 2.45. The maximum Gasteiger partial charge on any atom is 0.180 e. The molecule has 0 aliphatic carbocycles. The third-order valence-corrected chi connectivity index (χ3v) is 3.31. The van der Waals surface area contributed by atoms with Crippen LogP contribution in [0.5, 0.6) is 5.75 Å². The lowest BCUT2D eigenvalue weighted by atomic mass is 9.96. The van der Waals surface area contributed by atoms with E-state index in [0.29, 0.717) is 11.3 Å². The van der Waals surface area contributed by atoms with Crippen LogP contribution in [-0.2, 0) is 0 Å². The molecule has 0 heterocycles. The first-order chi connectivity index (χ1) is 10.5. The third-order valence-electron chi connectivity index (χ3n) is 3.11. The molecule has 2 aromatic carbocycles. The van der Waals surface area contributed by atoms with E-state index in [1.807, 2.05) is 18.2 Å². The number of phenols is 1. The van der Waals surface area contributed by atoms with Crippen LogP contribution in [0.2, 0.25) is 0 Å². The Morgan fingerprint density at radius 2 is 2.05 bits per heavy atom. The molecule has 0 bridgehead atoms. The molecule has 2 nitrogen and oxygen atoms in total. The fourth-order valence-corrected chi connectivity index (χ4v) is 2.10. The summed E-state index contributed by atoms with van der Waals surface area (Å²) < 4.78 is 0. The lowest BCUT2D eigenvalue weighted by Gasteiger charge is -2.11. The number of halogens is 1. The average Bonchev–Trinajstić information content (AvgIpc) is 2.54. The van der Waals surface area contributed by atoms with Crippen molar-refractivity contribution in [3.05, 3.63) is 72.3 Å². The highest BCUT2D eigenvalue weighted by molar-refractivity contribution is 6.70. The minimum Gasteiger partial charge on any atom is -0.508 e. The summed E-state index contributed by atoms with van der Waals surface area (Å²) in [6.45, 7) is 7.86. The standard InChI is InChI=1S/C19H14ClNO/c1-4-14-9-10-18(21-19(20)5-2)17(11-14)13(3)15-7-6-8-16(22)12-15/h2,4,6-12,22H,1,3H2. The SMILES string of the molecule is C#CC(Cl)=Nc1ccc(C=C)cc1C(=C)c1cccc(O)c1. The van der Waals surface area contributed by atoms with Crippen LogP contribution in [0.4, 0.5) is 5.69 Å². The van der Waals surface area contributed by atoms with Crippen molar-refractivity contribution in [1.82, 2.24) is 0 Å². The van der Waals surface area contributed by atoms with Crippen LogP contribution >= 0.6 is 11.6 Å². The van der Waals surface area contributed by atoms with Gasteiger partial charge in [-0.15, -0.1) is 6.42 Å². The van der Waals surface area contributed by atoms with Crippen LogP contribution < -0.4 is 0 Å². The predicted octanol–water partition coefficient (Wildman–Crippen LogP) is 5.00. The lowest BCUT2D eigenvalue weighted by Crippen LogP contribution is -1.90. The first-order valence-electron chi connectivity index (χ1n) is 6.51. The second-order valence-corrected chi connectivity index (χ2v) is 4.91. The van der Waals surface area contributed by atoms with Crippen molar-refractivity contribution in [3.8, 4) is 18.1 Å². The Morgan fingerprint density at radius 3 is 2.68 bits per heavy atom. The van der Waals surface area contributed by atoms with Crippen molar-refractivity contribution in [2.75, 3.05) is 0 Å². The number of aromatic hydroxyl groups is 1. The number of benzene rings is 2. The van der Waals surface area contributed by atoms with Gasteiger partial charge in [0.25, 0.3) is 0 Å². The van der Waals surface area contributed by atoms with Crippen LogP contribution in [0, 0.1) is 12.3 Å². The van der Waals surface area contributed by atoms with E-state index in [1.165, 1.54) is 0 Å². The van der Waals surface area contributed by atoms with E-state index in [1.54, 1.807) is 30.3 Å². The number of phenolic OH excluding ortho intramolecular Hbond substituents is 1. The van der Waals surface area contributed by atoms with E-state index in [9.17, 15) is 5.11 Å². The molecule has 2 aromatic rings. The lowest BCUT2D eigenvalue weighted by molar-refractivity contribution is 0.475. The molecule has 0 fully saturated rings. The van der Waals surface area contributed by atoms with E-state index in [2.05, 4.69) is 24.1 Å². The van der Waals surface area contributed by atoms with Gasteiger partial charge in [0, 0.05) is 5.56 Å². The summed E-state index contributed by atoms with van der Waals surface area (Å²) in [7, 11) is 0. The Labute approximate surface area is 135 Å². The molecule has 0 atom stereocenters. The minimum absolute atomic E-state index is 0.0660. The number of hydrogen-bond donors (Lipinski definition) is 1. The predicted molar refractivity (Wildman–Crippen MR) is 94.6 cm³/mol. The quantitative estimate of drug-likeness (QED) is 0.626. The molecule has 0 radical (unpaired) electrons. The van der Waals surface area contributed by atoms with Gasteiger partial charge in [0.1, 0.15) is 5.75 Å². The fraction of sp³-hybridized carbons (Fsp3) is 0. The number of terminal acetylenes is 1. The molecule has 0 saturated heterocycles. The van der Waals surface area contributed by atoms with Gasteiger partial charge in [0.2, 0.25) is 0 Å². The zero-order valence-electron chi connectivity index (χ0n) is 11.9. The molecular formula is C19H14ClNO. The molecule has 0 aromatic heterocycles. The van der Waals surface area contributed by atoms with Crippen LogP contribution in [0.3, 0.4) is 0 Å². The molecule has 0 aliphatic rings. The van der Waals surface area contributed by atoms with Gasteiger partial charge < -0.3 is 5.11 Å². The maximum atomic E-state index is 9.63. The van der Waals surface area contributed by atoms with Crippen molar-refractivity contribution < 1.29 is 5.11 Å². The highest BCUT2D eigenvalue weighted by atomic mass is 35.5. The zero-order chi connectivity index (χ0) is 16.1. The Balaban J connectivity index is 2.59.